The molecule has 3 aliphatic rings. The Balaban J connectivity index is 1.65. The Kier molecular flexibility index (Phi) is 5.77. The van der Waals surface area contributed by atoms with Crippen LogP contribution in [0.4, 0.5) is 4.79 Å². The van der Waals surface area contributed by atoms with E-state index in [1.165, 1.54) is 16.7 Å². The van der Waals surface area contributed by atoms with Crippen molar-refractivity contribution in [3.05, 3.63) is 0 Å². The van der Waals surface area contributed by atoms with Crippen LogP contribution in [0.25, 0.3) is 0 Å². The topological polar surface area (TPSA) is 106 Å². The molecule has 9 heteroatoms. The SMILES string of the molecule is CCN(C(=O)O)C(C)C[C@H]1O[C@@H]2SC(N3CCCC3)=N[C@@H]2[C@@H](O)[C@@H]1O. The summed E-state index contributed by atoms with van der Waals surface area (Å²) in [6.45, 7) is 5.87. The molecular weight excluding hydrogens is 346 g/mol. The summed E-state index contributed by atoms with van der Waals surface area (Å²) in [4.78, 5) is 19.4. The van der Waals surface area contributed by atoms with E-state index in [0.29, 0.717) is 13.0 Å². The quantitative estimate of drug-likeness (QED) is 0.669. The average molecular weight is 373 g/mol. The second kappa shape index (κ2) is 7.69. The fraction of sp³-hybridized carbons (Fsp3) is 0.875. The summed E-state index contributed by atoms with van der Waals surface area (Å²) in [6.07, 6.45) is -1.05. The summed E-state index contributed by atoms with van der Waals surface area (Å²) in [5.74, 6) is 0. The van der Waals surface area contributed by atoms with E-state index in [9.17, 15) is 20.1 Å². The van der Waals surface area contributed by atoms with Crippen molar-refractivity contribution in [2.45, 2.75) is 68.9 Å². The molecule has 2 saturated heterocycles. The number of rotatable bonds is 4. The second-order valence-electron chi connectivity index (χ2n) is 6.89. The highest BCUT2D eigenvalue weighted by Crippen LogP contribution is 2.39. The van der Waals surface area contributed by atoms with Gasteiger partial charge in [-0.3, -0.25) is 4.99 Å². The van der Waals surface area contributed by atoms with Crippen LogP contribution in [0.3, 0.4) is 0 Å². The molecule has 3 N–H and O–H groups in total. The van der Waals surface area contributed by atoms with Crippen LogP contribution in [-0.2, 0) is 4.74 Å². The molecule has 3 aliphatic heterocycles. The zero-order chi connectivity index (χ0) is 18.1. The Labute approximate surface area is 151 Å². The molecule has 142 valence electrons. The zero-order valence-electron chi connectivity index (χ0n) is 14.6. The van der Waals surface area contributed by atoms with Gasteiger partial charge in [0.15, 0.2) is 5.17 Å². The molecule has 3 heterocycles. The van der Waals surface area contributed by atoms with Crippen LogP contribution < -0.4 is 0 Å². The first-order valence-electron chi connectivity index (χ1n) is 8.93. The maximum atomic E-state index is 11.3. The Morgan fingerprint density at radius 3 is 2.68 bits per heavy atom. The van der Waals surface area contributed by atoms with Crippen LogP contribution in [0.2, 0.25) is 0 Å². The van der Waals surface area contributed by atoms with Gasteiger partial charge in [0.2, 0.25) is 0 Å². The van der Waals surface area contributed by atoms with Crippen LogP contribution in [0.5, 0.6) is 0 Å². The lowest BCUT2D eigenvalue weighted by Gasteiger charge is -2.40. The molecule has 0 aromatic heterocycles. The minimum absolute atomic E-state index is 0.309. The smallest absolute Gasteiger partial charge is 0.407 e. The maximum Gasteiger partial charge on any atom is 0.407 e. The highest BCUT2D eigenvalue weighted by Gasteiger charge is 2.49. The monoisotopic (exact) mass is 373 g/mol. The van der Waals surface area contributed by atoms with Gasteiger partial charge in [-0.05, 0) is 33.1 Å². The third-order valence-corrected chi connectivity index (χ3v) is 6.41. The molecule has 6 atom stereocenters. The van der Waals surface area contributed by atoms with E-state index in [4.69, 9.17) is 4.74 Å². The van der Waals surface area contributed by atoms with E-state index in [0.717, 1.165) is 31.1 Å². The van der Waals surface area contributed by atoms with Crippen molar-refractivity contribution >= 4 is 23.0 Å². The summed E-state index contributed by atoms with van der Waals surface area (Å²) in [6, 6.07) is -0.778. The van der Waals surface area contributed by atoms with Crippen molar-refractivity contribution < 1.29 is 24.9 Å². The van der Waals surface area contributed by atoms with Crippen molar-refractivity contribution in [2.24, 2.45) is 4.99 Å². The molecule has 0 aromatic rings. The Morgan fingerprint density at radius 1 is 1.40 bits per heavy atom. The highest BCUT2D eigenvalue weighted by molar-refractivity contribution is 8.14. The van der Waals surface area contributed by atoms with E-state index in [2.05, 4.69) is 9.89 Å². The number of hydrogen-bond acceptors (Lipinski definition) is 7. The number of amides is 1. The van der Waals surface area contributed by atoms with Crippen molar-refractivity contribution in [3.8, 4) is 0 Å². The number of ether oxygens (including phenoxy) is 1. The molecule has 1 amide bonds. The number of thioether (sulfide) groups is 1. The lowest BCUT2D eigenvalue weighted by Crippen LogP contribution is -2.56. The van der Waals surface area contributed by atoms with Crippen LogP contribution in [-0.4, -0.2) is 91.8 Å². The number of aliphatic hydroxyl groups excluding tert-OH is 2. The molecule has 2 fully saturated rings. The Hall–Kier alpha value is -1.03. The van der Waals surface area contributed by atoms with Gasteiger partial charge in [-0.25, -0.2) is 4.79 Å². The summed E-state index contributed by atoms with van der Waals surface area (Å²) in [5, 5.41) is 31.1. The van der Waals surface area contributed by atoms with Gasteiger partial charge in [0.05, 0.1) is 6.10 Å². The predicted octanol–water partition coefficient (Wildman–Crippen LogP) is 0.779. The fourth-order valence-electron chi connectivity index (χ4n) is 3.77. The Morgan fingerprint density at radius 2 is 2.08 bits per heavy atom. The molecule has 0 bridgehead atoms. The number of aliphatic imine (C=N–C) groups is 1. The van der Waals surface area contributed by atoms with Gasteiger partial charge in [0, 0.05) is 25.7 Å². The zero-order valence-corrected chi connectivity index (χ0v) is 15.4. The number of amidine groups is 1. The van der Waals surface area contributed by atoms with Gasteiger partial charge >= 0.3 is 6.09 Å². The maximum absolute atomic E-state index is 11.3. The first kappa shape index (κ1) is 18.8. The van der Waals surface area contributed by atoms with Gasteiger partial charge < -0.3 is 29.9 Å². The highest BCUT2D eigenvalue weighted by atomic mass is 32.2. The van der Waals surface area contributed by atoms with Crippen molar-refractivity contribution in [3.63, 3.8) is 0 Å². The van der Waals surface area contributed by atoms with Gasteiger partial charge in [-0.1, -0.05) is 11.8 Å². The van der Waals surface area contributed by atoms with E-state index >= 15 is 0 Å². The van der Waals surface area contributed by atoms with Gasteiger partial charge in [-0.2, -0.15) is 0 Å². The number of carboxylic acid groups (broad SMARTS) is 1. The molecule has 0 radical (unpaired) electrons. The minimum Gasteiger partial charge on any atom is -0.465 e. The van der Waals surface area contributed by atoms with Gasteiger partial charge in [0.1, 0.15) is 23.7 Å². The molecule has 3 rings (SSSR count). The molecule has 25 heavy (non-hydrogen) atoms. The average Bonchev–Trinajstić information content (AvgIpc) is 3.21. The molecule has 0 saturated carbocycles. The van der Waals surface area contributed by atoms with E-state index < -0.39 is 30.4 Å². The molecule has 0 aliphatic carbocycles. The van der Waals surface area contributed by atoms with Crippen LogP contribution in [0.15, 0.2) is 4.99 Å². The third kappa shape index (κ3) is 3.74. The fourth-order valence-corrected chi connectivity index (χ4v) is 5.05. The lowest BCUT2D eigenvalue weighted by molar-refractivity contribution is -0.158. The molecule has 0 aromatic carbocycles. The number of carbonyl (C=O) groups is 1. The molecule has 0 spiro atoms. The largest absolute Gasteiger partial charge is 0.465 e. The van der Waals surface area contributed by atoms with Crippen LogP contribution in [0.1, 0.15) is 33.1 Å². The van der Waals surface area contributed by atoms with Crippen molar-refractivity contribution in [1.29, 1.82) is 0 Å². The van der Waals surface area contributed by atoms with Gasteiger partial charge in [0.25, 0.3) is 0 Å². The molecule has 8 nitrogen and oxygen atoms in total. The summed E-state index contributed by atoms with van der Waals surface area (Å²) in [5.41, 5.74) is -0.328. The normalized spacial score (nSPS) is 36.1. The molecular formula is C16H27N3O5S. The van der Waals surface area contributed by atoms with Gasteiger partial charge in [-0.15, -0.1) is 0 Å². The first-order valence-corrected chi connectivity index (χ1v) is 9.81. The number of hydrogen-bond donors (Lipinski definition) is 3. The predicted molar refractivity (Wildman–Crippen MR) is 94.8 cm³/mol. The first-order chi connectivity index (χ1) is 11.9. The third-order valence-electron chi connectivity index (χ3n) is 5.22. The van der Waals surface area contributed by atoms with Crippen LogP contribution in [0, 0.1) is 0 Å². The molecule has 1 unspecified atom stereocenters. The number of aliphatic hydroxyl groups is 2. The summed E-state index contributed by atoms with van der Waals surface area (Å²) in [7, 11) is 0. The number of nitrogens with zero attached hydrogens (tertiary/aromatic N) is 3. The van der Waals surface area contributed by atoms with E-state index in [1.54, 1.807) is 13.8 Å². The van der Waals surface area contributed by atoms with Crippen molar-refractivity contribution in [2.75, 3.05) is 19.6 Å². The minimum atomic E-state index is -1.07. The Bertz CT molecular complexity index is 528. The van der Waals surface area contributed by atoms with Crippen molar-refractivity contribution in [1.82, 2.24) is 9.80 Å². The summed E-state index contributed by atoms with van der Waals surface area (Å²) < 4.78 is 6.02. The second-order valence-corrected chi connectivity index (χ2v) is 7.96. The lowest BCUT2D eigenvalue weighted by atomic mass is 9.94. The van der Waals surface area contributed by atoms with E-state index in [1.807, 2.05) is 0 Å². The number of fused-ring (bicyclic) bond motifs is 1. The standard InChI is InChI=1S/C16H27N3O5S/c1-3-19(16(22)23)9(2)8-10-12(20)13(21)11-14(24-10)25-15(17-11)18-6-4-5-7-18/h9-14,20-21H,3-8H2,1-2H3,(H,22,23)/t9?,10-,11-,12-,13-,14-/m1/s1. The van der Waals surface area contributed by atoms with E-state index in [-0.39, 0.29) is 11.5 Å². The van der Waals surface area contributed by atoms with Crippen LogP contribution >= 0.6 is 11.8 Å². The summed E-state index contributed by atoms with van der Waals surface area (Å²) >= 11 is 1.50. The number of likely N-dealkylation sites (tertiary alicyclic amines) is 1.